The van der Waals surface area contributed by atoms with Crippen LogP contribution in [0, 0.1) is 5.92 Å². The SMILES string of the molecule is CC(=O)C1CN(C2CCOCC2)C1. The first-order valence-corrected chi connectivity index (χ1v) is 5.09. The number of carbonyl (C=O) groups excluding carboxylic acids is 1. The summed E-state index contributed by atoms with van der Waals surface area (Å²) < 4.78 is 5.30. The van der Waals surface area contributed by atoms with Crippen molar-refractivity contribution in [2.75, 3.05) is 26.3 Å². The van der Waals surface area contributed by atoms with Gasteiger partial charge in [0.2, 0.25) is 0 Å². The van der Waals surface area contributed by atoms with E-state index in [1.54, 1.807) is 6.92 Å². The van der Waals surface area contributed by atoms with Crippen molar-refractivity contribution in [1.29, 1.82) is 0 Å². The Morgan fingerprint density at radius 2 is 1.92 bits per heavy atom. The number of carbonyl (C=O) groups is 1. The molecule has 2 rings (SSSR count). The molecule has 13 heavy (non-hydrogen) atoms. The molecule has 2 aliphatic rings. The molecule has 0 spiro atoms. The van der Waals surface area contributed by atoms with E-state index in [1.807, 2.05) is 0 Å². The van der Waals surface area contributed by atoms with Crippen LogP contribution in [-0.4, -0.2) is 43.0 Å². The third kappa shape index (κ3) is 1.92. The summed E-state index contributed by atoms with van der Waals surface area (Å²) in [5.74, 6) is 0.672. The molecule has 3 heteroatoms. The van der Waals surface area contributed by atoms with E-state index < -0.39 is 0 Å². The molecule has 3 nitrogen and oxygen atoms in total. The van der Waals surface area contributed by atoms with Gasteiger partial charge in [-0.05, 0) is 19.8 Å². The Bertz CT molecular complexity index is 193. The van der Waals surface area contributed by atoms with Crippen molar-refractivity contribution in [3.63, 3.8) is 0 Å². The molecule has 0 bridgehead atoms. The van der Waals surface area contributed by atoms with E-state index in [0.29, 0.717) is 17.7 Å². The fourth-order valence-corrected chi connectivity index (χ4v) is 2.12. The van der Waals surface area contributed by atoms with Gasteiger partial charge in [-0.2, -0.15) is 0 Å². The molecule has 0 aliphatic carbocycles. The Balaban J connectivity index is 1.75. The van der Waals surface area contributed by atoms with Crippen LogP contribution in [-0.2, 0) is 9.53 Å². The monoisotopic (exact) mass is 183 g/mol. The summed E-state index contributed by atoms with van der Waals surface area (Å²) in [5.41, 5.74) is 0. The number of Topliss-reactive ketones (excluding diaryl/α,β-unsaturated/α-hetero) is 1. The molecule has 2 saturated heterocycles. The predicted molar refractivity (Wildman–Crippen MR) is 49.6 cm³/mol. The zero-order chi connectivity index (χ0) is 9.26. The maximum absolute atomic E-state index is 11.0. The highest BCUT2D eigenvalue weighted by molar-refractivity contribution is 5.79. The van der Waals surface area contributed by atoms with Crippen molar-refractivity contribution < 1.29 is 9.53 Å². The first kappa shape index (κ1) is 9.16. The molecular formula is C10H17NO2. The predicted octanol–water partition coefficient (Wildman–Crippen LogP) is 0.686. The molecule has 2 heterocycles. The summed E-state index contributed by atoms with van der Waals surface area (Å²) in [7, 11) is 0. The maximum Gasteiger partial charge on any atom is 0.135 e. The fourth-order valence-electron chi connectivity index (χ4n) is 2.12. The molecule has 2 aliphatic heterocycles. The first-order chi connectivity index (χ1) is 6.27. The Labute approximate surface area is 79.0 Å². The van der Waals surface area contributed by atoms with Crippen molar-refractivity contribution in [1.82, 2.24) is 4.90 Å². The summed E-state index contributed by atoms with van der Waals surface area (Å²) in [6.07, 6.45) is 2.29. The van der Waals surface area contributed by atoms with E-state index in [4.69, 9.17) is 4.74 Å². The second-order valence-electron chi connectivity index (χ2n) is 4.11. The third-order valence-corrected chi connectivity index (χ3v) is 3.19. The van der Waals surface area contributed by atoms with Crippen molar-refractivity contribution >= 4 is 5.78 Å². The highest BCUT2D eigenvalue weighted by Crippen LogP contribution is 2.24. The number of nitrogens with zero attached hydrogens (tertiary/aromatic N) is 1. The lowest BCUT2D eigenvalue weighted by Gasteiger charge is -2.44. The molecule has 0 aromatic carbocycles. The van der Waals surface area contributed by atoms with Crippen LogP contribution in [0.15, 0.2) is 0 Å². The van der Waals surface area contributed by atoms with E-state index in [9.17, 15) is 4.79 Å². The van der Waals surface area contributed by atoms with Gasteiger partial charge >= 0.3 is 0 Å². The van der Waals surface area contributed by atoms with Gasteiger partial charge in [-0.3, -0.25) is 9.69 Å². The second-order valence-corrected chi connectivity index (χ2v) is 4.11. The lowest BCUT2D eigenvalue weighted by Crippen LogP contribution is -2.55. The minimum atomic E-state index is 0.322. The Kier molecular flexibility index (Phi) is 2.65. The van der Waals surface area contributed by atoms with Crippen LogP contribution < -0.4 is 0 Å². The van der Waals surface area contributed by atoms with Gasteiger partial charge in [0.25, 0.3) is 0 Å². The van der Waals surface area contributed by atoms with Crippen LogP contribution in [0.2, 0.25) is 0 Å². The van der Waals surface area contributed by atoms with Gasteiger partial charge in [0.1, 0.15) is 5.78 Å². The standard InChI is InChI=1S/C10H17NO2/c1-8(12)9-6-11(7-9)10-2-4-13-5-3-10/h9-10H,2-7H2,1H3. The van der Waals surface area contributed by atoms with Gasteiger partial charge in [0.15, 0.2) is 0 Å². The highest BCUT2D eigenvalue weighted by Gasteiger charge is 2.35. The summed E-state index contributed by atoms with van der Waals surface area (Å²) in [5, 5.41) is 0. The quantitative estimate of drug-likeness (QED) is 0.630. The van der Waals surface area contributed by atoms with Crippen LogP contribution in [0.3, 0.4) is 0 Å². The normalized spacial score (nSPS) is 27.2. The number of rotatable bonds is 2. The van der Waals surface area contributed by atoms with Crippen LogP contribution in [0.1, 0.15) is 19.8 Å². The summed E-state index contributed by atoms with van der Waals surface area (Å²) in [6.45, 7) is 5.46. The summed E-state index contributed by atoms with van der Waals surface area (Å²) in [6, 6.07) is 0.685. The smallest absolute Gasteiger partial charge is 0.135 e. The second kappa shape index (κ2) is 3.76. The van der Waals surface area contributed by atoms with E-state index >= 15 is 0 Å². The molecule has 0 saturated carbocycles. The molecule has 0 aromatic heterocycles. The van der Waals surface area contributed by atoms with Gasteiger partial charge in [-0.15, -0.1) is 0 Å². The van der Waals surface area contributed by atoms with Gasteiger partial charge in [-0.1, -0.05) is 0 Å². The highest BCUT2D eigenvalue weighted by atomic mass is 16.5. The average Bonchev–Trinajstić information content (AvgIpc) is 2.02. The van der Waals surface area contributed by atoms with Crippen LogP contribution in [0.4, 0.5) is 0 Å². The zero-order valence-electron chi connectivity index (χ0n) is 8.16. The minimum absolute atomic E-state index is 0.322. The topological polar surface area (TPSA) is 29.5 Å². The molecule has 74 valence electrons. The molecule has 2 fully saturated rings. The van der Waals surface area contributed by atoms with Crippen LogP contribution in [0.25, 0.3) is 0 Å². The lowest BCUT2D eigenvalue weighted by atomic mass is 9.92. The first-order valence-electron chi connectivity index (χ1n) is 5.09. The van der Waals surface area contributed by atoms with E-state index in [-0.39, 0.29) is 0 Å². The number of ketones is 1. The number of hydrogen-bond acceptors (Lipinski definition) is 3. The Morgan fingerprint density at radius 3 is 2.46 bits per heavy atom. The van der Waals surface area contributed by atoms with Gasteiger partial charge in [0.05, 0.1) is 0 Å². The molecule has 0 aromatic rings. The van der Waals surface area contributed by atoms with Crippen molar-refractivity contribution in [3.05, 3.63) is 0 Å². The van der Waals surface area contributed by atoms with Gasteiger partial charge < -0.3 is 4.74 Å². The van der Waals surface area contributed by atoms with Crippen molar-refractivity contribution in [3.8, 4) is 0 Å². The van der Waals surface area contributed by atoms with Crippen LogP contribution in [0.5, 0.6) is 0 Å². The number of ether oxygens (including phenoxy) is 1. The van der Waals surface area contributed by atoms with E-state index in [1.165, 1.54) is 0 Å². The largest absolute Gasteiger partial charge is 0.381 e. The summed E-state index contributed by atoms with van der Waals surface area (Å²) in [4.78, 5) is 13.4. The molecule has 0 N–H and O–H groups in total. The fraction of sp³-hybridized carbons (Fsp3) is 0.900. The molecule has 0 amide bonds. The van der Waals surface area contributed by atoms with Gasteiger partial charge in [0, 0.05) is 38.3 Å². The zero-order valence-corrected chi connectivity index (χ0v) is 8.16. The van der Waals surface area contributed by atoms with E-state index in [2.05, 4.69) is 4.90 Å². The lowest BCUT2D eigenvalue weighted by molar-refractivity contribution is -0.128. The van der Waals surface area contributed by atoms with Crippen LogP contribution >= 0.6 is 0 Å². The van der Waals surface area contributed by atoms with Crippen molar-refractivity contribution in [2.24, 2.45) is 5.92 Å². The average molecular weight is 183 g/mol. The van der Waals surface area contributed by atoms with Gasteiger partial charge in [-0.25, -0.2) is 0 Å². The molecule has 0 radical (unpaired) electrons. The Morgan fingerprint density at radius 1 is 1.31 bits per heavy atom. The molecule has 0 atom stereocenters. The number of hydrogen-bond donors (Lipinski definition) is 0. The third-order valence-electron chi connectivity index (χ3n) is 3.19. The summed E-state index contributed by atoms with van der Waals surface area (Å²) >= 11 is 0. The maximum atomic E-state index is 11.0. The number of likely N-dealkylation sites (tertiary alicyclic amines) is 1. The van der Waals surface area contributed by atoms with Crippen molar-refractivity contribution in [2.45, 2.75) is 25.8 Å². The minimum Gasteiger partial charge on any atom is -0.381 e. The van der Waals surface area contributed by atoms with E-state index in [0.717, 1.165) is 39.1 Å². The molecule has 0 unspecified atom stereocenters. The molecular weight excluding hydrogens is 166 g/mol. The Hall–Kier alpha value is -0.410.